The summed E-state index contributed by atoms with van der Waals surface area (Å²) in [4.78, 5) is 29.5. The van der Waals surface area contributed by atoms with Crippen LogP contribution in [0.2, 0.25) is 0 Å². The van der Waals surface area contributed by atoms with Gasteiger partial charge in [0, 0.05) is 29.1 Å². The lowest BCUT2D eigenvalue weighted by Gasteiger charge is -2.36. The molecule has 4 aromatic rings. The molecule has 214 valence electrons. The molecule has 1 heterocycles. The topological polar surface area (TPSA) is 91.3 Å². The van der Waals surface area contributed by atoms with Crippen molar-refractivity contribution in [3.05, 3.63) is 82.7 Å². The molecule has 6 nitrogen and oxygen atoms in total. The summed E-state index contributed by atoms with van der Waals surface area (Å²) in [5.41, 5.74) is 4.17. The molecule has 0 radical (unpaired) electrons. The summed E-state index contributed by atoms with van der Waals surface area (Å²) in [6.07, 6.45) is 4.80. The number of carboxylic acid groups (broad SMARTS) is 1. The molecule has 3 aromatic carbocycles. The second kappa shape index (κ2) is 12.4. The smallest absolute Gasteiger partial charge is 0.305 e. The summed E-state index contributed by atoms with van der Waals surface area (Å²) in [5.74, 6) is 0.0765. The predicted molar refractivity (Wildman–Crippen MR) is 168 cm³/mol. The lowest BCUT2D eigenvalue weighted by Crippen LogP contribution is -2.25. The number of anilines is 1. The molecule has 3 N–H and O–H groups in total. The molecule has 1 aliphatic rings. The molecule has 41 heavy (non-hydrogen) atoms. The van der Waals surface area contributed by atoms with E-state index in [9.17, 15) is 9.59 Å². The Morgan fingerprint density at radius 1 is 0.951 bits per heavy atom. The number of nitrogens with one attached hydrogen (secondary N) is 2. The van der Waals surface area contributed by atoms with E-state index in [4.69, 9.17) is 10.1 Å². The molecule has 0 spiro atoms. The molecular formula is C34H39N3O3S. The van der Waals surface area contributed by atoms with E-state index in [-0.39, 0.29) is 18.9 Å². The highest BCUT2D eigenvalue weighted by molar-refractivity contribution is 7.16. The average molecular weight is 570 g/mol. The van der Waals surface area contributed by atoms with Gasteiger partial charge in [-0.1, -0.05) is 69.3 Å². The monoisotopic (exact) mass is 569 g/mol. The molecule has 0 unspecified atom stereocenters. The van der Waals surface area contributed by atoms with E-state index in [1.807, 2.05) is 12.1 Å². The van der Waals surface area contributed by atoms with Crippen LogP contribution in [-0.2, 0) is 11.3 Å². The predicted octanol–water partition coefficient (Wildman–Crippen LogP) is 8.10. The number of aromatic nitrogens is 1. The molecule has 5 rings (SSSR count). The Hall–Kier alpha value is -3.71. The molecule has 0 bridgehead atoms. The van der Waals surface area contributed by atoms with Crippen LogP contribution in [0.4, 0.5) is 5.13 Å². The third-order valence-electron chi connectivity index (χ3n) is 8.28. The highest BCUT2D eigenvalue weighted by Gasteiger charge is 2.32. The van der Waals surface area contributed by atoms with Crippen molar-refractivity contribution in [2.45, 2.75) is 65.3 Å². The van der Waals surface area contributed by atoms with Crippen LogP contribution in [0.15, 0.2) is 66.7 Å². The first kappa shape index (κ1) is 28.8. The van der Waals surface area contributed by atoms with Gasteiger partial charge in [0.25, 0.3) is 5.91 Å². The van der Waals surface area contributed by atoms with Crippen LogP contribution in [0.5, 0.6) is 0 Å². The summed E-state index contributed by atoms with van der Waals surface area (Å²) < 4.78 is 0. The number of carbonyl (C=O) groups is 2. The fourth-order valence-corrected chi connectivity index (χ4v) is 6.94. The molecule has 1 amide bonds. The Kier molecular flexibility index (Phi) is 8.74. The van der Waals surface area contributed by atoms with Crippen molar-refractivity contribution in [3.8, 4) is 11.3 Å². The van der Waals surface area contributed by atoms with Crippen LogP contribution in [0.25, 0.3) is 22.0 Å². The van der Waals surface area contributed by atoms with Gasteiger partial charge in [-0.15, -0.1) is 11.3 Å². The molecule has 7 heteroatoms. The summed E-state index contributed by atoms with van der Waals surface area (Å²) in [5, 5.41) is 18.3. The number of rotatable bonds is 9. The fourth-order valence-electron chi connectivity index (χ4n) is 5.79. The van der Waals surface area contributed by atoms with Crippen molar-refractivity contribution >= 4 is 39.1 Å². The molecule has 1 fully saturated rings. The van der Waals surface area contributed by atoms with E-state index < -0.39 is 5.97 Å². The molecule has 0 atom stereocenters. The van der Waals surface area contributed by atoms with E-state index in [2.05, 4.69) is 73.9 Å². The second-order valence-electron chi connectivity index (χ2n) is 12.2. The number of amides is 1. The lowest BCUT2D eigenvalue weighted by molar-refractivity contribution is -0.136. The number of hydrogen-bond acceptors (Lipinski definition) is 5. The Bertz CT molecular complexity index is 1510. The first-order valence-electron chi connectivity index (χ1n) is 14.5. The van der Waals surface area contributed by atoms with Crippen LogP contribution in [0, 0.1) is 11.3 Å². The number of carboxylic acids is 1. The highest BCUT2D eigenvalue weighted by Crippen LogP contribution is 2.47. The zero-order valence-electron chi connectivity index (χ0n) is 24.1. The Labute approximate surface area is 246 Å². The van der Waals surface area contributed by atoms with Crippen molar-refractivity contribution in [2.75, 3.05) is 11.9 Å². The van der Waals surface area contributed by atoms with E-state index >= 15 is 0 Å². The van der Waals surface area contributed by atoms with Gasteiger partial charge in [0.15, 0.2) is 5.13 Å². The van der Waals surface area contributed by atoms with Crippen LogP contribution < -0.4 is 10.6 Å². The second-order valence-corrected chi connectivity index (χ2v) is 13.2. The zero-order chi connectivity index (χ0) is 29.0. The van der Waals surface area contributed by atoms with E-state index in [0.717, 1.165) is 22.3 Å². The molecule has 0 aliphatic heterocycles. The van der Waals surface area contributed by atoms with Gasteiger partial charge in [-0.2, -0.15) is 0 Å². The van der Waals surface area contributed by atoms with E-state index in [1.54, 1.807) is 23.5 Å². The van der Waals surface area contributed by atoms with Crippen LogP contribution in [-0.4, -0.2) is 28.5 Å². The molecule has 1 aromatic heterocycles. The normalized spacial score (nSPS) is 17.3. The number of carbonyl (C=O) groups excluding carboxylic acids is 1. The molecule has 1 saturated carbocycles. The first-order valence-corrected chi connectivity index (χ1v) is 15.3. The molecule has 1 aliphatic carbocycles. The van der Waals surface area contributed by atoms with Gasteiger partial charge < -0.3 is 15.7 Å². The third-order valence-corrected chi connectivity index (χ3v) is 9.46. The summed E-state index contributed by atoms with van der Waals surface area (Å²) in [6, 6.07) is 22.5. The first-order chi connectivity index (χ1) is 19.7. The fraction of sp³-hybridized carbons (Fsp3) is 0.382. The van der Waals surface area contributed by atoms with Crippen molar-refractivity contribution < 1.29 is 14.7 Å². The van der Waals surface area contributed by atoms with Crippen molar-refractivity contribution in [3.63, 3.8) is 0 Å². The Morgan fingerprint density at radius 3 is 2.34 bits per heavy atom. The third kappa shape index (κ3) is 7.14. The van der Waals surface area contributed by atoms with E-state index in [1.165, 1.54) is 46.9 Å². The number of benzene rings is 3. The van der Waals surface area contributed by atoms with Gasteiger partial charge >= 0.3 is 5.97 Å². The van der Waals surface area contributed by atoms with Gasteiger partial charge in [0.05, 0.1) is 12.1 Å². The van der Waals surface area contributed by atoms with Crippen LogP contribution >= 0.6 is 11.3 Å². The number of nitrogens with zero attached hydrogens (tertiary/aromatic N) is 1. The number of aliphatic carboxylic acids is 1. The quantitative estimate of drug-likeness (QED) is 0.189. The Balaban J connectivity index is 1.33. The number of hydrogen-bond donors (Lipinski definition) is 3. The minimum Gasteiger partial charge on any atom is -0.481 e. The lowest BCUT2D eigenvalue weighted by atomic mass is 9.69. The summed E-state index contributed by atoms with van der Waals surface area (Å²) >= 11 is 1.78. The SMILES string of the molecule is CC(C)(C)C1CCC(c2sc(NCc3ccc(C(=O)NCCC(=O)O)cc3)nc2-c2ccc3ccccc3c2)CC1. The summed E-state index contributed by atoms with van der Waals surface area (Å²) in [7, 11) is 0. The van der Waals surface area contributed by atoms with Crippen LogP contribution in [0.1, 0.15) is 79.6 Å². The van der Waals surface area contributed by atoms with Gasteiger partial charge in [0.2, 0.25) is 0 Å². The van der Waals surface area contributed by atoms with Gasteiger partial charge in [0.1, 0.15) is 0 Å². The Morgan fingerprint density at radius 2 is 1.66 bits per heavy atom. The van der Waals surface area contributed by atoms with Gasteiger partial charge in [-0.05, 0) is 77.5 Å². The molecule has 0 saturated heterocycles. The van der Waals surface area contributed by atoms with E-state index in [0.29, 0.717) is 23.4 Å². The minimum absolute atomic E-state index is 0.0945. The maximum Gasteiger partial charge on any atom is 0.305 e. The standard InChI is InChI=1S/C34H39N3O3S/c1-34(2,3)28-16-14-24(15-17-28)31-30(27-13-12-23-6-4-5-7-26(23)20-27)37-33(41-31)36-21-22-8-10-25(11-9-22)32(40)35-19-18-29(38)39/h4-13,20,24,28H,14-19,21H2,1-3H3,(H,35,40)(H,36,37)(H,38,39). The minimum atomic E-state index is -0.932. The highest BCUT2D eigenvalue weighted by atomic mass is 32.1. The summed E-state index contributed by atoms with van der Waals surface area (Å²) in [6.45, 7) is 7.81. The number of fused-ring (bicyclic) bond motifs is 1. The van der Waals surface area contributed by atoms with Crippen molar-refractivity contribution in [2.24, 2.45) is 11.3 Å². The zero-order valence-corrected chi connectivity index (χ0v) is 24.9. The molecular weight excluding hydrogens is 530 g/mol. The maximum absolute atomic E-state index is 12.3. The maximum atomic E-state index is 12.3. The average Bonchev–Trinajstić information content (AvgIpc) is 3.40. The van der Waals surface area contributed by atoms with Gasteiger partial charge in [-0.3, -0.25) is 9.59 Å². The van der Waals surface area contributed by atoms with Crippen LogP contribution in [0.3, 0.4) is 0 Å². The van der Waals surface area contributed by atoms with Gasteiger partial charge in [-0.25, -0.2) is 4.98 Å². The van der Waals surface area contributed by atoms with Crippen molar-refractivity contribution in [1.29, 1.82) is 0 Å². The number of thiazole rings is 1. The largest absolute Gasteiger partial charge is 0.481 e. The van der Waals surface area contributed by atoms with Crippen molar-refractivity contribution in [1.82, 2.24) is 10.3 Å².